The normalized spacial score (nSPS) is 19.7. The molecule has 0 heterocycles. The number of hydrogen-bond donors (Lipinski definition) is 1. The SMILES string of the molecule is CN(c1cccc(F)c1CNC1CC1)C1CCC1. The van der Waals surface area contributed by atoms with Gasteiger partial charge in [-0.3, -0.25) is 0 Å². The second-order valence-electron chi connectivity index (χ2n) is 5.59. The Bertz CT molecular complexity index is 425. The number of hydrogen-bond acceptors (Lipinski definition) is 2. The van der Waals surface area contributed by atoms with Gasteiger partial charge in [-0.1, -0.05) is 6.07 Å². The monoisotopic (exact) mass is 248 g/mol. The molecule has 0 amide bonds. The first kappa shape index (κ1) is 12.0. The highest BCUT2D eigenvalue weighted by molar-refractivity contribution is 5.54. The summed E-state index contributed by atoms with van der Waals surface area (Å²) in [7, 11) is 2.10. The predicted molar refractivity (Wildman–Crippen MR) is 72.3 cm³/mol. The molecule has 0 aromatic heterocycles. The van der Waals surface area contributed by atoms with Gasteiger partial charge in [0.2, 0.25) is 0 Å². The maximum absolute atomic E-state index is 14.0. The third-order valence-electron chi connectivity index (χ3n) is 4.24. The second-order valence-corrected chi connectivity index (χ2v) is 5.59. The lowest BCUT2D eigenvalue weighted by atomic mass is 9.91. The first-order chi connectivity index (χ1) is 8.75. The lowest BCUT2D eigenvalue weighted by Crippen LogP contribution is -2.38. The summed E-state index contributed by atoms with van der Waals surface area (Å²) in [5.41, 5.74) is 1.90. The molecule has 0 bridgehead atoms. The lowest BCUT2D eigenvalue weighted by molar-refractivity contribution is 0.400. The van der Waals surface area contributed by atoms with Crippen molar-refractivity contribution in [3.05, 3.63) is 29.6 Å². The first-order valence-electron chi connectivity index (χ1n) is 6.99. The standard InChI is InChI=1S/C15H21FN2/c1-18(12-4-2-5-12)15-7-3-6-14(16)13(15)10-17-11-8-9-11/h3,6-7,11-12,17H,2,4-5,8-10H2,1H3. The van der Waals surface area contributed by atoms with Gasteiger partial charge in [0.25, 0.3) is 0 Å². The van der Waals surface area contributed by atoms with E-state index in [2.05, 4.69) is 17.3 Å². The number of nitrogens with zero attached hydrogens (tertiary/aromatic N) is 1. The second kappa shape index (κ2) is 4.88. The third kappa shape index (κ3) is 2.37. The Morgan fingerprint density at radius 2 is 2.06 bits per heavy atom. The molecule has 0 saturated heterocycles. The molecule has 2 saturated carbocycles. The molecule has 2 aliphatic rings. The Morgan fingerprint density at radius 3 is 2.67 bits per heavy atom. The molecule has 3 rings (SSSR count). The maximum Gasteiger partial charge on any atom is 0.129 e. The van der Waals surface area contributed by atoms with E-state index in [1.807, 2.05) is 12.1 Å². The number of anilines is 1. The van der Waals surface area contributed by atoms with E-state index < -0.39 is 0 Å². The summed E-state index contributed by atoms with van der Waals surface area (Å²) >= 11 is 0. The molecule has 1 aromatic carbocycles. The van der Waals surface area contributed by atoms with Crippen molar-refractivity contribution in [1.82, 2.24) is 5.32 Å². The van der Waals surface area contributed by atoms with Gasteiger partial charge in [0.05, 0.1) is 0 Å². The largest absolute Gasteiger partial charge is 0.371 e. The van der Waals surface area contributed by atoms with E-state index in [1.54, 1.807) is 6.07 Å². The Kier molecular flexibility index (Phi) is 3.25. The molecule has 18 heavy (non-hydrogen) atoms. The van der Waals surface area contributed by atoms with Crippen molar-refractivity contribution in [2.75, 3.05) is 11.9 Å². The van der Waals surface area contributed by atoms with Crippen LogP contribution in [-0.2, 0) is 6.54 Å². The van der Waals surface area contributed by atoms with Gasteiger partial charge in [0.1, 0.15) is 5.82 Å². The Balaban J connectivity index is 1.79. The van der Waals surface area contributed by atoms with E-state index in [-0.39, 0.29) is 5.82 Å². The van der Waals surface area contributed by atoms with Crippen LogP contribution in [0.2, 0.25) is 0 Å². The van der Waals surface area contributed by atoms with Crippen LogP contribution in [0.15, 0.2) is 18.2 Å². The smallest absolute Gasteiger partial charge is 0.129 e. The van der Waals surface area contributed by atoms with E-state index in [1.165, 1.54) is 32.1 Å². The highest BCUT2D eigenvalue weighted by Crippen LogP contribution is 2.31. The van der Waals surface area contributed by atoms with Crippen molar-refractivity contribution in [2.24, 2.45) is 0 Å². The zero-order valence-electron chi connectivity index (χ0n) is 11.0. The highest BCUT2D eigenvalue weighted by atomic mass is 19.1. The van der Waals surface area contributed by atoms with Crippen LogP contribution in [-0.4, -0.2) is 19.1 Å². The average molecular weight is 248 g/mol. The van der Waals surface area contributed by atoms with E-state index in [9.17, 15) is 4.39 Å². The van der Waals surface area contributed by atoms with Gasteiger partial charge in [0, 0.05) is 36.9 Å². The van der Waals surface area contributed by atoms with Crippen molar-refractivity contribution in [1.29, 1.82) is 0 Å². The van der Waals surface area contributed by atoms with Crippen molar-refractivity contribution < 1.29 is 4.39 Å². The first-order valence-corrected chi connectivity index (χ1v) is 6.99. The van der Waals surface area contributed by atoms with Gasteiger partial charge in [-0.2, -0.15) is 0 Å². The molecule has 0 spiro atoms. The van der Waals surface area contributed by atoms with Crippen LogP contribution in [0, 0.1) is 5.82 Å². The molecule has 2 aliphatic carbocycles. The summed E-state index contributed by atoms with van der Waals surface area (Å²) in [4.78, 5) is 2.26. The zero-order valence-corrected chi connectivity index (χ0v) is 11.0. The summed E-state index contributed by atoms with van der Waals surface area (Å²) in [5.74, 6) is -0.0770. The van der Waals surface area contributed by atoms with Crippen LogP contribution in [0.1, 0.15) is 37.7 Å². The van der Waals surface area contributed by atoms with Crippen LogP contribution in [0.5, 0.6) is 0 Å². The van der Waals surface area contributed by atoms with Crippen LogP contribution >= 0.6 is 0 Å². The van der Waals surface area contributed by atoms with Crippen LogP contribution in [0.4, 0.5) is 10.1 Å². The Hall–Kier alpha value is -1.09. The number of rotatable bonds is 5. The number of nitrogens with one attached hydrogen (secondary N) is 1. The molecule has 2 fully saturated rings. The minimum absolute atomic E-state index is 0.0770. The van der Waals surface area contributed by atoms with Gasteiger partial charge in [0.15, 0.2) is 0 Å². The molecular formula is C15H21FN2. The quantitative estimate of drug-likeness (QED) is 0.861. The minimum Gasteiger partial charge on any atom is -0.371 e. The molecule has 98 valence electrons. The Morgan fingerprint density at radius 1 is 1.28 bits per heavy atom. The van der Waals surface area contributed by atoms with Crippen LogP contribution < -0.4 is 10.2 Å². The molecule has 2 nitrogen and oxygen atoms in total. The van der Waals surface area contributed by atoms with Crippen molar-refractivity contribution >= 4 is 5.69 Å². The van der Waals surface area contributed by atoms with Crippen molar-refractivity contribution in [3.8, 4) is 0 Å². The topological polar surface area (TPSA) is 15.3 Å². The Labute approximate surface area is 108 Å². The number of benzene rings is 1. The molecule has 3 heteroatoms. The van der Waals surface area contributed by atoms with E-state index >= 15 is 0 Å². The molecular weight excluding hydrogens is 227 g/mol. The van der Waals surface area contributed by atoms with Gasteiger partial charge in [-0.15, -0.1) is 0 Å². The summed E-state index contributed by atoms with van der Waals surface area (Å²) < 4.78 is 14.0. The fourth-order valence-electron chi connectivity index (χ4n) is 2.56. The summed E-state index contributed by atoms with van der Waals surface area (Å²) in [6.07, 6.45) is 6.26. The zero-order chi connectivity index (χ0) is 12.5. The lowest BCUT2D eigenvalue weighted by Gasteiger charge is -2.37. The highest BCUT2D eigenvalue weighted by Gasteiger charge is 2.26. The number of halogens is 1. The summed E-state index contributed by atoms with van der Waals surface area (Å²) in [5, 5.41) is 3.42. The van der Waals surface area contributed by atoms with E-state index in [4.69, 9.17) is 0 Å². The molecule has 0 aliphatic heterocycles. The minimum atomic E-state index is -0.0770. The molecule has 1 aromatic rings. The van der Waals surface area contributed by atoms with Crippen LogP contribution in [0.3, 0.4) is 0 Å². The maximum atomic E-state index is 14.0. The van der Waals surface area contributed by atoms with Crippen molar-refractivity contribution in [2.45, 2.75) is 50.7 Å². The predicted octanol–water partition coefficient (Wildman–Crippen LogP) is 3.07. The van der Waals surface area contributed by atoms with E-state index in [0.717, 1.165) is 11.3 Å². The molecule has 0 unspecified atom stereocenters. The molecule has 1 N–H and O–H groups in total. The third-order valence-corrected chi connectivity index (χ3v) is 4.24. The fraction of sp³-hybridized carbons (Fsp3) is 0.600. The fourth-order valence-corrected chi connectivity index (χ4v) is 2.56. The summed E-state index contributed by atoms with van der Waals surface area (Å²) in [6.45, 7) is 0.656. The van der Waals surface area contributed by atoms with E-state index in [0.29, 0.717) is 18.6 Å². The van der Waals surface area contributed by atoms with Gasteiger partial charge in [-0.25, -0.2) is 4.39 Å². The summed E-state index contributed by atoms with van der Waals surface area (Å²) in [6, 6.07) is 6.66. The molecule has 0 atom stereocenters. The van der Waals surface area contributed by atoms with Gasteiger partial charge in [-0.05, 0) is 44.2 Å². The van der Waals surface area contributed by atoms with Gasteiger partial charge >= 0.3 is 0 Å². The molecule has 0 radical (unpaired) electrons. The average Bonchev–Trinajstić information content (AvgIpc) is 3.08. The van der Waals surface area contributed by atoms with Crippen molar-refractivity contribution in [3.63, 3.8) is 0 Å². The van der Waals surface area contributed by atoms with Crippen LogP contribution in [0.25, 0.3) is 0 Å². The van der Waals surface area contributed by atoms with Gasteiger partial charge < -0.3 is 10.2 Å².